The molecule has 2 aromatic rings. The third-order valence-corrected chi connectivity index (χ3v) is 8.78. The van der Waals surface area contributed by atoms with Gasteiger partial charge in [-0.2, -0.15) is 0 Å². The van der Waals surface area contributed by atoms with Gasteiger partial charge in [-0.25, -0.2) is 18.1 Å². The standard InChI is InChI=1S/C19H29N3O2S3/c1-14-7-5-6-9-22(14)10-8-20-27(23,24)17-11-15(12-25-17)18-21-16(13-26-18)19(2,3)4/h11-14,20H,5-10H2,1-4H3. The molecule has 0 aromatic carbocycles. The van der Waals surface area contributed by atoms with E-state index in [2.05, 4.69) is 47.7 Å². The first-order valence-electron chi connectivity index (χ1n) is 9.45. The molecule has 3 rings (SSSR count). The summed E-state index contributed by atoms with van der Waals surface area (Å²) in [5.41, 5.74) is 1.91. The molecule has 0 spiro atoms. The molecule has 1 saturated heterocycles. The normalized spacial score (nSPS) is 19.5. The lowest BCUT2D eigenvalue weighted by atomic mass is 9.93. The molecule has 8 heteroatoms. The molecule has 1 atom stereocenters. The van der Waals surface area contributed by atoms with Crippen molar-refractivity contribution in [3.8, 4) is 10.6 Å². The summed E-state index contributed by atoms with van der Waals surface area (Å²) in [5, 5.41) is 4.81. The van der Waals surface area contributed by atoms with Crippen LogP contribution in [0.1, 0.15) is 52.7 Å². The summed E-state index contributed by atoms with van der Waals surface area (Å²) in [6.45, 7) is 10.9. The van der Waals surface area contributed by atoms with E-state index in [1.54, 1.807) is 17.4 Å². The van der Waals surface area contributed by atoms with Gasteiger partial charge in [0.1, 0.15) is 9.22 Å². The third-order valence-electron chi connectivity index (χ3n) is 4.99. The maximum atomic E-state index is 12.6. The van der Waals surface area contributed by atoms with Gasteiger partial charge in [-0.05, 0) is 32.4 Å². The number of thiazole rings is 1. The number of piperidine rings is 1. The van der Waals surface area contributed by atoms with Crippen LogP contribution < -0.4 is 4.72 Å². The fourth-order valence-electron chi connectivity index (χ4n) is 3.20. The highest BCUT2D eigenvalue weighted by molar-refractivity contribution is 7.91. The predicted octanol–water partition coefficient (Wildman–Crippen LogP) is 4.32. The Labute approximate surface area is 170 Å². The Morgan fingerprint density at radius 1 is 1.26 bits per heavy atom. The quantitative estimate of drug-likeness (QED) is 0.746. The van der Waals surface area contributed by atoms with Crippen LogP contribution in [0.3, 0.4) is 0 Å². The van der Waals surface area contributed by atoms with E-state index in [4.69, 9.17) is 0 Å². The van der Waals surface area contributed by atoms with Gasteiger partial charge >= 0.3 is 0 Å². The summed E-state index contributed by atoms with van der Waals surface area (Å²) in [6.07, 6.45) is 3.68. The van der Waals surface area contributed by atoms with Gasteiger partial charge in [-0.3, -0.25) is 4.90 Å². The minimum Gasteiger partial charge on any atom is -0.299 e. The number of thiophene rings is 1. The van der Waals surface area contributed by atoms with Crippen LogP contribution in [0, 0.1) is 0 Å². The second-order valence-electron chi connectivity index (χ2n) is 8.22. The molecule has 5 nitrogen and oxygen atoms in total. The van der Waals surface area contributed by atoms with Crippen LogP contribution in [0.4, 0.5) is 0 Å². The van der Waals surface area contributed by atoms with Gasteiger partial charge in [0.05, 0.1) is 5.69 Å². The van der Waals surface area contributed by atoms with Crippen molar-refractivity contribution in [2.45, 2.75) is 62.6 Å². The van der Waals surface area contributed by atoms with Gasteiger partial charge in [-0.1, -0.05) is 27.2 Å². The first-order chi connectivity index (χ1) is 12.7. The van der Waals surface area contributed by atoms with E-state index < -0.39 is 10.0 Å². The third kappa shape index (κ3) is 5.17. The molecular weight excluding hydrogens is 398 g/mol. The zero-order chi connectivity index (χ0) is 19.7. The lowest BCUT2D eigenvalue weighted by molar-refractivity contribution is 0.164. The number of nitrogens with zero attached hydrogens (tertiary/aromatic N) is 2. The molecule has 1 unspecified atom stereocenters. The maximum absolute atomic E-state index is 12.6. The maximum Gasteiger partial charge on any atom is 0.250 e. The van der Waals surface area contributed by atoms with E-state index in [0.29, 0.717) is 16.8 Å². The van der Waals surface area contributed by atoms with Gasteiger partial charge in [-0.15, -0.1) is 22.7 Å². The van der Waals surface area contributed by atoms with Gasteiger partial charge < -0.3 is 0 Å². The molecule has 1 aliphatic heterocycles. The number of likely N-dealkylation sites (tertiary alicyclic amines) is 1. The number of hydrogen-bond donors (Lipinski definition) is 1. The van der Waals surface area contributed by atoms with E-state index in [1.807, 2.05) is 5.38 Å². The van der Waals surface area contributed by atoms with E-state index >= 15 is 0 Å². The highest BCUT2D eigenvalue weighted by atomic mass is 32.2. The molecule has 1 fully saturated rings. The Morgan fingerprint density at radius 2 is 2.04 bits per heavy atom. The fourth-order valence-corrected chi connectivity index (χ4v) is 6.54. The summed E-state index contributed by atoms with van der Waals surface area (Å²) >= 11 is 2.82. The Balaban J connectivity index is 1.63. The van der Waals surface area contributed by atoms with Gasteiger partial charge in [0, 0.05) is 40.9 Å². The van der Waals surface area contributed by atoms with E-state index in [-0.39, 0.29) is 5.41 Å². The Hall–Kier alpha value is -0.800. The summed E-state index contributed by atoms with van der Waals surface area (Å²) in [5.74, 6) is 0. The summed E-state index contributed by atoms with van der Waals surface area (Å²) < 4.78 is 28.4. The molecule has 1 aliphatic rings. The van der Waals surface area contributed by atoms with Crippen molar-refractivity contribution in [3.05, 3.63) is 22.5 Å². The lowest BCUT2D eigenvalue weighted by Gasteiger charge is -2.33. The SMILES string of the molecule is CC1CCCCN1CCNS(=O)(=O)c1cc(-c2nc(C(C)(C)C)cs2)cs1. The second-order valence-corrected chi connectivity index (χ2v) is 12.0. The first-order valence-corrected chi connectivity index (χ1v) is 12.7. The van der Waals surface area contributed by atoms with Crippen molar-refractivity contribution in [2.24, 2.45) is 0 Å². The van der Waals surface area contributed by atoms with Crippen LogP contribution in [0.2, 0.25) is 0 Å². The summed E-state index contributed by atoms with van der Waals surface area (Å²) in [4.78, 5) is 7.05. The fraction of sp³-hybridized carbons (Fsp3) is 0.632. The molecule has 0 radical (unpaired) electrons. The van der Waals surface area contributed by atoms with Gasteiger partial charge in [0.25, 0.3) is 0 Å². The molecule has 3 heterocycles. The highest BCUT2D eigenvalue weighted by Crippen LogP contribution is 2.33. The number of sulfonamides is 1. The molecule has 0 bridgehead atoms. The van der Waals surface area contributed by atoms with Crippen molar-refractivity contribution >= 4 is 32.7 Å². The average Bonchev–Trinajstić information content (AvgIpc) is 3.25. The van der Waals surface area contributed by atoms with Gasteiger partial charge in [0.2, 0.25) is 10.0 Å². The van der Waals surface area contributed by atoms with Crippen molar-refractivity contribution in [2.75, 3.05) is 19.6 Å². The molecule has 0 saturated carbocycles. The average molecular weight is 428 g/mol. The largest absolute Gasteiger partial charge is 0.299 e. The summed E-state index contributed by atoms with van der Waals surface area (Å²) in [7, 11) is -3.47. The number of hydrogen-bond acceptors (Lipinski definition) is 6. The van der Waals surface area contributed by atoms with Crippen LogP contribution in [-0.2, 0) is 15.4 Å². The van der Waals surface area contributed by atoms with Crippen molar-refractivity contribution in [1.82, 2.24) is 14.6 Å². The number of aromatic nitrogens is 1. The minimum atomic E-state index is -3.47. The van der Waals surface area contributed by atoms with E-state index in [1.165, 1.54) is 30.6 Å². The van der Waals surface area contributed by atoms with Crippen LogP contribution >= 0.6 is 22.7 Å². The predicted molar refractivity (Wildman–Crippen MR) is 114 cm³/mol. The van der Waals surface area contributed by atoms with Crippen molar-refractivity contribution < 1.29 is 8.42 Å². The highest BCUT2D eigenvalue weighted by Gasteiger charge is 2.22. The molecule has 0 amide bonds. The molecule has 2 aromatic heterocycles. The van der Waals surface area contributed by atoms with E-state index in [0.717, 1.165) is 29.4 Å². The Kier molecular flexibility index (Phi) is 6.42. The first kappa shape index (κ1) is 20.9. The minimum absolute atomic E-state index is 0.00712. The molecule has 0 aliphatic carbocycles. The number of nitrogens with one attached hydrogen (secondary N) is 1. The van der Waals surface area contributed by atoms with E-state index in [9.17, 15) is 8.42 Å². The molecule has 1 N–H and O–H groups in total. The molecule has 27 heavy (non-hydrogen) atoms. The van der Waals surface area contributed by atoms with Gasteiger partial charge in [0.15, 0.2) is 0 Å². The van der Waals surface area contributed by atoms with Crippen LogP contribution in [-0.4, -0.2) is 44.0 Å². The molecule has 150 valence electrons. The van der Waals surface area contributed by atoms with Crippen LogP contribution in [0.15, 0.2) is 21.0 Å². The smallest absolute Gasteiger partial charge is 0.250 e. The molecular formula is C19H29N3O2S3. The zero-order valence-corrected chi connectivity index (χ0v) is 18.9. The zero-order valence-electron chi connectivity index (χ0n) is 16.5. The Morgan fingerprint density at radius 3 is 2.70 bits per heavy atom. The topological polar surface area (TPSA) is 62.3 Å². The lowest BCUT2D eigenvalue weighted by Crippen LogP contribution is -2.42. The Bertz CT molecular complexity index is 865. The monoisotopic (exact) mass is 427 g/mol. The second kappa shape index (κ2) is 8.29. The van der Waals surface area contributed by atoms with Crippen molar-refractivity contribution in [3.63, 3.8) is 0 Å². The van der Waals surface area contributed by atoms with Crippen molar-refractivity contribution in [1.29, 1.82) is 0 Å². The van der Waals surface area contributed by atoms with Crippen LogP contribution in [0.25, 0.3) is 10.6 Å². The number of rotatable bonds is 6. The summed E-state index contributed by atoms with van der Waals surface area (Å²) in [6, 6.07) is 2.28. The van der Waals surface area contributed by atoms with Crippen LogP contribution in [0.5, 0.6) is 0 Å².